The third kappa shape index (κ3) is 1.95. The number of nitriles is 1. The highest BCUT2D eigenvalue weighted by Gasteiger charge is 1.97. The van der Waals surface area contributed by atoms with Crippen LogP contribution >= 0.6 is 11.3 Å². The molecule has 1 heterocycles. The minimum absolute atomic E-state index is 0.203. The van der Waals surface area contributed by atoms with Gasteiger partial charge in [0, 0.05) is 5.56 Å². The van der Waals surface area contributed by atoms with Crippen LogP contribution in [0.3, 0.4) is 0 Å². The molecule has 1 rings (SSSR count). The largest absolute Gasteiger partial charge is 0.297 e. The normalized spacial score (nSPS) is 7.92. The molecule has 0 N–H and O–H groups in total. The van der Waals surface area contributed by atoms with E-state index in [1.54, 1.807) is 11.4 Å². The third-order valence-electron chi connectivity index (χ3n) is 1.19. The van der Waals surface area contributed by atoms with Gasteiger partial charge in [0.2, 0.25) is 0 Å². The van der Waals surface area contributed by atoms with Crippen molar-refractivity contribution in [3.8, 4) is 17.9 Å². The van der Waals surface area contributed by atoms with Crippen LogP contribution in [0.5, 0.6) is 0 Å². The van der Waals surface area contributed by atoms with Crippen LogP contribution in [0.1, 0.15) is 21.7 Å². The predicted molar refractivity (Wildman–Crippen MR) is 46.8 cm³/mol. The predicted octanol–water partition coefficient (Wildman–Crippen LogP) is 1.83. The Bertz CT molecular complexity index is 375. The molecular weight excluding hydrogens is 170 g/mol. The van der Waals surface area contributed by atoms with Crippen molar-refractivity contribution in [3.05, 3.63) is 21.9 Å². The van der Waals surface area contributed by atoms with Crippen molar-refractivity contribution < 1.29 is 4.79 Å². The lowest BCUT2D eigenvalue weighted by molar-refractivity contribution is 0.112. The van der Waals surface area contributed by atoms with Gasteiger partial charge in [-0.15, -0.1) is 11.3 Å². The lowest BCUT2D eigenvalue weighted by atomic mass is 10.2. The number of thiophene rings is 1. The summed E-state index contributed by atoms with van der Waals surface area (Å²) in [5, 5.41) is 10.0. The first-order chi connectivity index (χ1) is 5.88. The van der Waals surface area contributed by atoms with Crippen molar-refractivity contribution in [2.45, 2.75) is 6.42 Å². The second-order valence-corrected chi connectivity index (χ2v) is 2.90. The van der Waals surface area contributed by atoms with Crippen LogP contribution in [0.25, 0.3) is 0 Å². The zero-order valence-electron chi connectivity index (χ0n) is 6.20. The summed E-state index contributed by atoms with van der Waals surface area (Å²) in [6.45, 7) is 0. The zero-order chi connectivity index (χ0) is 8.81. The molecule has 12 heavy (non-hydrogen) atoms. The van der Waals surface area contributed by atoms with Crippen LogP contribution in [-0.4, -0.2) is 6.29 Å². The average molecular weight is 175 g/mol. The maximum atomic E-state index is 10.4. The van der Waals surface area contributed by atoms with E-state index < -0.39 is 0 Å². The second kappa shape index (κ2) is 4.33. The van der Waals surface area contributed by atoms with Crippen molar-refractivity contribution in [2.24, 2.45) is 0 Å². The molecule has 0 aliphatic heterocycles. The minimum atomic E-state index is 0.203. The molecule has 58 valence electrons. The smallest absolute Gasteiger partial charge is 0.161 e. The molecule has 0 fully saturated rings. The van der Waals surface area contributed by atoms with Crippen molar-refractivity contribution >= 4 is 17.6 Å². The summed E-state index contributed by atoms with van der Waals surface area (Å²) in [5.41, 5.74) is 0.713. The van der Waals surface area contributed by atoms with Gasteiger partial charge in [-0.05, 0) is 11.4 Å². The Labute approximate surface area is 74.4 Å². The van der Waals surface area contributed by atoms with Crippen molar-refractivity contribution in [3.63, 3.8) is 0 Å². The Balaban J connectivity index is 2.84. The summed E-state index contributed by atoms with van der Waals surface area (Å²) >= 11 is 1.35. The molecule has 0 unspecified atom stereocenters. The monoisotopic (exact) mass is 175 g/mol. The molecule has 2 nitrogen and oxygen atoms in total. The number of carbonyl (C=O) groups is 1. The molecule has 0 bridgehead atoms. The van der Waals surface area contributed by atoms with Gasteiger partial charge in [-0.2, -0.15) is 5.26 Å². The molecule has 0 saturated heterocycles. The van der Waals surface area contributed by atoms with Crippen molar-refractivity contribution in [2.75, 3.05) is 0 Å². The summed E-state index contributed by atoms with van der Waals surface area (Å²) in [6.07, 6.45) is 0.981. The van der Waals surface area contributed by atoms with E-state index in [0.29, 0.717) is 10.4 Å². The Morgan fingerprint density at radius 2 is 2.50 bits per heavy atom. The topological polar surface area (TPSA) is 40.9 Å². The lowest BCUT2D eigenvalue weighted by Crippen LogP contribution is -1.76. The van der Waals surface area contributed by atoms with Gasteiger partial charge in [-0.1, -0.05) is 11.8 Å². The Hall–Kier alpha value is -1.58. The SMILES string of the molecule is N#CCC#Cc1ccsc1C=O. The average Bonchev–Trinajstić information content (AvgIpc) is 2.52. The number of rotatable bonds is 1. The Kier molecular flexibility index (Phi) is 3.07. The van der Waals surface area contributed by atoms with E-state index in [9.17, 15) is 4.79 Å². The highest BCUT2D eigenvalue weighted by Crippen LogP contribution is 2.12. The van der Waals surface area contributed by atoms with E-state index in [0.717, 1.165) is 6.29 Å². The fourth-order valence-electron chi connectivity index (χ4n) is 0.694. The molecule has 0 spiro atoms. The molecule has 0 saturated carbocycles. The highest BCUT2D eigenvalue weighted by atomic mass is 32.1. The van der Waals surface area contributed by atoms with Crippen molar-refractivity contribution in [1.29, 1.82) is 5.26 Å². The van der Waals surface area contributed by atoms with E-state index in [4.69, 9.17) is 5.26 Å². The molecular formula is C9H5NOS. The van der Waals surface area contributed by atoms with Crippen LogP contribution in [-0.2, 0) is 0 Å². The van der Waals surface area contributed by atoms with Crippen LogP contribution in [0.4, 0.5) is 0 Å². The molecule has 1 aromatic heterocycles. The van der Waals surface area contributed by atoms with Gasteiger partial charge in [-0.25, -0.2) is 0 Å². The van der Waals surface area contributed by atoms with E-state index in [-0.39, 0.29) is 6.42 Å². The first kappa shape index (κ1) is 8.52. The lowest BCUT2D eigenvalue weighted by Gasteiger charge is -1.81. The molecule has 0 radical (unpaired) electrons. The van der Waals surface area contributed by atoms with E-state index >= 15 is 0 Å². The summed E-state index contributed by atoms with van der Waals surface area (Å²) in [4.78, 5) is 11.0. The molecule has 3 heteroatoms. The standard InChI is InChI=1S/C9H5NOS/c10-5-2-1-3-8-4-6-12-9(8)7-11/h4,6-7H,2H2. The molecule has 1 aromatic rings. The quantitative estimate of drug-likeness (QED) is 0.482. The van der Waals surface area contributed by atoms with Gasteiger partial charge >= 0.3 is 0 Å². The van der Waals surface area contributed by atoms with Gasteiger partial charge in [0.25, 0.3) is 0 Å². The summed E-state index contributed by atoms with van der Waals surface area (Å²) in [7, 11) is 0. The van der Waals surface area contributed by atoms with Gasteiger partial charge in [0.05, 0.1) is 17.4 Å². The van der Waals surface area contributed by atoms with Crippen LogP contribution in [0.15, 0.2) is 11.4 Å². The minimum Gasteiger partial charge on any atom is -0.297 e. The first-order valence-electron chi connectivity index (χ1n) is 3.27. The molecule has 0 aromatic carbocycles. The Morgan fingerprint density at radius 3 is 3.17 bits per heavy atom. The summed E-state index contributed by atoms with van der Waals surface area (Å²) < 4.78 is 0. The molecule has 0 aliphatic carbocycles. The number of hydrogen-bond donors (Lipinski definition) is 0. The fraction of sp³-hybridized carbons (Fsp3) is 0.111. The number of nitrogens with zero attached hydrogens (tertiary/aromatic N) is 1. The molecule has 0 atom stereocenters. The van der Waals surface area contributed by atoms with Crippen molar-refractivity contribution in [1.82, 2.24) is 0 Å². The fourth-order valence-corrected chi connectivity index (χ4v) is 1.35. The van der Waals surface area contributed by atoms with Crippen LogP contribution in [0, 0.1) is 23.2 Å². The first-order valence-corrected chi connectivity index (χ1v) is 4.15. The number of aldehydes is 1. The van der Waals surface area contributed by atoms with E-state index in [2.05, 4.69) is 11.8 Å². The maximum Gasteiger partial charge on any atom is 0.161 e. The van der Waals surface area contributed by atoms with E-state index in [1.165, 1.54) is 11.3 Å². The van der Waals surface area contributed by atoms with Gasteiger partial charge in [0.15, 0.2) is 6.29 Å². The van der Waals surface area contributed by atoms with Crippen LogP contribution in [0.2, 0.25) is 0 Å². The second-order valence-electron chi connectivity index (χ2n) is 1.95. The number of hydrogen-bond acceptors (Lipinski definition) is 3. The number of carbonyl (C=O) groups excluding carboxylic acids is 1. The van der Waals surface area contributed by atoms with E-state index in [1.807, 2.05) is 6.07 Å². The Morgan fingerprint density at radius 1 is 1.67 bits per heavy atom. The van der Waals surface area contributed by atoms with Gasteiger partial charge < -0.3 is 0 Å². The molecule has 0 aliphatic rings. The highest BCUT2D eigenvalue weighted by molar-refractivity contribution is 7.11. The zero-order valence-corrected chi connectivity index (χ0v) is 7.02. The third-order valence-corrected chi connectivity index (χ3v) is 2.03. The van der Waals surface area contributed by atoms with Crippen LogP contribution < -0.4 is 0 Å². The summed E-state index contributed by atoms with van der Waals surface area (Å²) in [6, 6.07) is 3.69. The van der Waals surface area contributed by atoms with Gasteiger partial charge in [0.1, 0.15) is 0 Å². The maximum absolute atomic E-state index is 10.4. The molecule has 0 amide bonds. The van der Waals surface area contributed by atoms with Gasteiger partial charge in [-0.3, -0.25) is 4.79 Å². The summed E-state index contributed by atoms with van der Waals surface area (Å²) in [5.74, 6) is 5.40.